The highest BCUT2D eigenvalue weighted by atomic mass is 15.4. The Morgan fingerprint density at radius 1 is 1.14 bits per heavy atom. The topological polar surface area (TPSA) is 56.5 Å². The molecule has 0 aliphatic carbocycles. The van der Waals surface area contributed by atoms with Crippen LogP contribution in [0.4, 0.5) is 0 Å². The fraction of sp³-hybridized carbons (Fsp3) is 0.111. The number of aryl methyl sites for hydroxylation is 1. The maximum absolute atomic E-state index is 4.09. The average molecular weight is 185 g/mol. The van der Waals surface area contributed by atoms with Crippen molar-refractivity contribution < 1.29 is 0 Å². The van der Waals surface area contributed by atoms with Crippen LogP contribution >= 0.6 is 0 Å². The van der Waals surface area contributed by atoms with Gasteiger partial charge in [0.1, 0.15) is 5.52 Å². The molecule has 0 atom stereocenters. The lowest BCUT2D eigenvalue weighted by Crippen LogP contribution is -1.89. The Balaban J connectivity index is 2.61. The van der Waals surface area contributed by atoms with E-state index >= 15 is 0 Å². The van der Waals surface area contributed by atoms with Crippen LogP contribution in [0.25, 0.3) is 21.8 Å². The molecule has 1 aromatic carbocycles. The van der Waals surface area contributed by atoms with Crippen molar-refractivity contribution in [2.45, 2.75) is 0 Å². The standard InChI is InChI=1S/C9H7N5/c1-14-8-3-2-6-4-10-11-5-7(6)9(8)12-13-14/h2-5H,1H3. The summed E-state index contributed by atoms with van der Waals surface area (Å²) in [6.07, 6.45) is 3.44. The van der Waals surface area contributed by atoms with Gasteiger partial charge in [0.15, 0.2) is 0 Å². The first kappa shape index (κ1) is 7.37. The molecule has 0 spiro atoms. The first-order chi connectivity index (χ1) is 6.86. The van der Waals surface area contributed by atoms with Crippen LogP contribution in [0, 0.1) is 0 Å². The first-order valence-corrected chi connectivity index (χ1v) is 4.25. The molecular formula is C9H7N5. The molecule has 2 heterocycles. The molecule has 0 N–H and O–H groups in total. The van der Waals surface area contributed by atoms with Gasteiger partial charge in [-0.05, 0) is 6.07 Å². The normalized spacial score (nSPS) is 11.2. The van der Waals surface area contributed by atoms with Crippen LogP contribution in [-0.2, 0) is 7.05 Å². The summed E-state index contributed by atoms with van der Waals surface area (Å²) >= 11 is 0. The van der Waals surface area contributed by atoms with Crippen LogP contribution in [0.3, 0.4) is 0 Å². The first-order valence-electron chi connectivity index (χ1n) is 4.25. The fourth-order valence-electron chi connectivity index (χ4n) is 1.57. The molecule has 14 heavy (non-hydrogen) atoms. The number of hydrogen-bond donors (Lipinski definition) is 0. The Morgan fingerprint density at radius 2 is 2.00 bits per heavy atom. The average Bonchev–Trinajstić information content (AvgIpc) is 2.61. The van der Waals surface area contributed by atoms with Gasteiger partial charge < -0.3 is 0 Å². The number of nitrogens with zero attached hydrogens (tertiary/aromatic N) is 5. The molecular weight excluding hydrogens is 178 g/mol. The quantitative estimate of drug-likeness (QED) is 0.522. The second-order valence-electron chi connectivity index (χ2n) is 3.14. The number of hydrogen-bond acceptors (Lipinski definition) is 4. The van der Waals surface area contributed by atoms with E-state index < -0.39 is 0 Å². The summed E-state index contributed by atoms with van der Waals surface area (Å²) in [5, 5.41) is 17.7. The van der Waals surface area contributed by atoms with Crippen molar-refractivity contribution in [1.29, 1.82) is 0 Å². The molecule has 5 heteroatoms. The molecule has 0 amide bonds. The number of rotatable bonds is 0. The van der Waals surface area contributed by atoms with Crippen LogP contribution in [0.5, 0.6) is 0 Å². The van der Waals surface area contributed by atoms with E-state index in [1.165, 1.54) is 0 Å². The minimum Gasteiger partial charge on any atom is -0.248 e. The third-order valence-electron chi connectivity index (χ3n) is 2.31. The molecule has 0 aliphatic heterocycles. The van der Waals surface area contributed by atoms with Gasteiger partial charge in [-0.3, -0.25) is 0 Å². The summed E-state index contributed by atoms with van der Waals surface area (Å²) in [5.74, 6) is 0. The lowest BCUT2D eigenvalue weighted by molar-refractivity contribution is 0.736. The summed E-state index contributed by atoms with van der Waals surface area (Å²) in [6, 6.07) is 3.98. The van der Waals surface area contributed by atoms with Crippen molar-refractivity contribution in [3.63, 3.8) is 0 Å². The molecule has 0 radical (unpaired) electrons. The Kier molecular flexibility index (Phi) is 1.30. The van der Waals surface area contributed by atoms with Crippen molar-refractivity contribution in [3.05, 3.63) is 24.5 Å². The molecule has 0 unspecified atom stereocenters. The maximum Gasteiger partial charge on any atom is 0.122 e. The van der Waals surface area contributed by atoms with Gasteiger partial charge in [-0.2, -0.15) is 10.2 Å². The smallest absolute Gasteiger partial charge is 0.122 e. The molecule has 3 aromatic rings. The maximum atomic E-state index is 4.09. The van der Waals surface area contributed by atoms with Crippen LogP contribution in [0.15, 0.2) is 24.5 Å². The van der Waals surface area contributed by atoms with Crippen LogP contribution in [0.1, 0.15) is 0 Å². The van der Waals surface area contributed by atoms with E-state index in [0.29, 0.717) is 0 Å². The lowest BCUT2D eigenvalue weighted by atomic mass is 10.2. The molecule has 68 valence electrons. The van der Waals surface area contributed by atoms with Gasteiger partial charge in [-0.1, -0.05) is 11.3 Å². The van der Waals surface area contributed by atoms with Crippen molar-refractivity contribution in [2.24, 2.45) is 7.05 Å². The summed E-state index contributed by atoms with van der Waals surface area (Å²) in [4.78, 5) is 0. The fourth-order valence-corrected chi connectivity index (χ4v) is 1.57. The monoisotopic (exact) mass is 185 g/mol. The number of benzene rings is 1. The predicted octanol–water partition coefficient (Wildman–Crippen LogP) is 0.911. The van der Waals surface area contributed by atoms with Crippen LogP contribution < -0.4 is 0 Å². The van der Waals surface area contributed by atoms with Crippen molar-refractivity contribution in [2.75, 3.05) is 0 Å². The molecule has 0 saturated carbocycles. The summed E-state index contributed by atoms with van der Waals surface area (Å²) in [5.41, 5.74) is 1.88. The molecule has 0 bridgehead atoms. The SMILES string of the molecule is Cn1nnc2c3cnncc3ccc21. The van der Waals surface area contributed by atoms with E-state index in [-0.39, 0.29) is 0 Å². The van der Waals surface area contributed by atoms with Gasteiger partial charge in [-0.25, -0.2) is 4.68 Å². The summed E-state index contributed by atoms with van der Waals surface area (Å²) in [6.45, 7) is 0. The van der Waals surface area contributed by atoms with Crippen molar-refractivity contribution in [1.82, 2.24) is 25.2 Å². The second kappa shape index (κ2) is 2.47. The third kappa shape index (κ3) is 0.834. The molecule has 0 aliphatic rings. The van der Waals surface area contributed by atoms with E-state index in [9.17, 15) is 0 Å². The minimum atomic E-state index is 0.875. The van der Waals surface area contributed by atoms with E-state index in [0.717, 1.165) is 21.8 Å². The molecule has 0 saturated heterocycles. The second-order valence-corrected chi connectivity index (χ2v) is 3.14. The zero-order valence-electron chi connectivity index (χ0n) is 7.55. The van der Waals surface area contributed by atoms with Crippen molar-refractivity contribution >= 4 is 21.8 Å². The van der Waals surface area contributed by atoms with E-state index in [1.807, 2.05) is 19.2 Å². The molecule has 5 nitrogen and oxygen atoms in total. The zero-order chi connectivity index (χ0) is 9.54. The lowest BCUT2D eigenvalue weighted by Gasteiger charge is -1.96. The van der Waals surface area contributed by atoms with E-state index in [2.05, 4.69) is 20.5 Å². The summed E-state index contributed by atoms with van der Waals surface area (Å²) < 4.78 is 1.75. The Hall–Kier alpha value is -2.04. The van der Waals surface area contributed by atoms with Gasteiger partial charge in [0, 0.05) is 17.8 Å². The van der Waals surface area contributed by atoms with Gasteiger partial charge in [0.05, 0.1) is 17.9 Å². The van der Waals surface area contributed by atoms with E-state index in [4.69, 9.17) is 0 Å². The van der Waals surface area contributed by atoms with E-state index in [1.54, 1.807) is 17.1 Å². The van der Waals surface area contributed by atoms with Gasteiger partial charge >= 0.3 is 0 Å². The third-order valence-corrected chi connectivity index (χ3v) is 2.31. The highest BCUT2D eigenvalue weighted by molar-refractivity contribution is 6.02. The number of fused-ring (bicyclic) bond motifs is 3. The van der Waals surface area contributed by atoms with Crippen LogP contribution in [0.2, 0.25) is 0 Å². The summed E-state index contributed by atoms with van der Waals surface area (Å²) in [7, 11) is 1.87. The molecule has 2 aromatic heterocycles. The Morgan fingerprint density at radius 3 is 2.93 bits per heavy atom. The molecule has 0 fully saturated rings. The van der Waals surface area contributed by atoms with Crippen molar-refractivity contribution in [3.8, 4) is 0 Å². The predicted molar refractivity (Wildman–Crippen MR) is 51.6 cm³/mol. The van der Waals surface area contributed by atoms with Crippen LogP contribution in [-0.4, -0.2) is 25.2 Å². The minimum absolute atomic E-state index is 0.875. The Labute approximate surface area is 79.4 Å². The molecule has 3 rings (SSSR count). The highest BCUT2D eigenvalue weighted by Crippen LogP contribution is 2.20. The van der Waals surface area contributed by atoms with Gasteiger partial charge in [-0.15, -0.1) is 5.10 Å². The van der Waals surface area contributed by atoms with Gasteiger partial charge in [0.2, 0.25) is 0 Å². The largest absolute Gasteiger partial charge is 0.248 e. The van der Waals surface area contributed by atoms with Gasteiger partial charge in [0.25, 0.3) is 0 Å². The number of aromatic nitrogens is 5. The zero-order valence-corrected chi connectivity index (χ0v) is 7.55. The highest BCUT2D eigenvalue weighted by Gasteiger charge is 2.05. The Bertz CT molecular complexity index is 613.